The van der Waals surface area contributed by atoms with Crippen molar-refractivity contribution in [2.75, 3.05) is 21.3 Å². The van der Waals surface area contributed by atoms with Crippen LogP contribution in [0.3, 0.4) is 0 Å². The van der Waals surface area contributed by atoms with Gasteiger partial charge in [-0.15, -0.1) is 0 Å². The SMILES string of the molecule is COC(=O)CC(C(=O)OC)N1C(=O)c2c(F)cc(OC)cc2C1C#N. The van der Waals surface area contributed by atoms with Crippen molar-refractivity contribution in [3.8, 4) is 11.8 Å². The Bertz CT molecular complexity index is 773. The predicted molar refractivity (Wildman–Crippen MR) is 79.9 cm³/mol. The third-order valence-corrected chi connectivity index (χ3v) is 3.87. The molecule has 0 saturated heterocycles. The Morgan fingerprint density at radius 2 is 2.00 bits per heavy atom. The van der Waals surface area contributed by atoms with Gasteiger partial charge in [-0.2, -0.15) is 5.26 Å². The van der Waals surface area contributed by atoms with Gasteiger partial charge in [-0.1, -0.05) is 0 Å². The van der Waals surface area contributed by atoms with E-state index in [4.69, 9.17) is 4.74 Å². The lowest BCUT2D eigenvalue weighted by atomic mass is 10.0. The molecule has 1 aromatic carbocycles. The van der Waals surface area contributed by atoms with Crippen LogP contribution in [0.1, 0.15) is 28.4 Å². The number of halogens is 1. The highest BCUT2D eigenvalue weighted by atomic mass is 19.1. The summed E-state index contributed by atoms with van der Waals surface area (Å²) in [5, 5.41) is 9.47. The largest absolute Gasteiger partial charge is 0.497 e. The maximum atomic E-state index is 14.3. The van der Waals surface area contributed by atoms with Crippen molar-refractivity contribution in [1.82, 2.24) is 4.90 Å². The topological polar surface area (TPSA) is 106 Å². The lowest BCUT2D eigenvalue weighted by Gasteiger charge is -2.27. The number of hydrogen-bond acceptors (Lipinski definition) is 7. The van der Waals surface area contributed by atoms with Gasteiger partial charge in [0.15, 0.2) is 0 Å². The number of benzene rings is 1. The molecule has 1 aromatic rings. The molecule has 0 spiro atoms. The Hall–Kier alpha value is -3.15. The molecule has 2 rings (SSSR count). The van der Waals surface area contributed by atoms with Crippen molar-refractivity contribution >= 4 is 17.8 Å². The molecule has 25 heavy (non-hydrogen) atoms. The number of carbonyl (C=O) groups is 3. The van der Waals surface area contributed by atoms with Gasteiger partial charge in [-0.3, -0.25) is 9.59 Å². The van der Waals surface area contributed by atoms with Gasteiger partial charge in [-0.05, 0) is 6.07 Å². The van der Waals surface area contributed by atoms with Gasteiger partial charge in [0.05, 0.1) is 39.4 Å². The first kappa shape index (κ1) is 18.2. The van der Waals surface area contributed by atoms with Gasteiger partial charge in [0.25, 0.3) is 5.91 Å². The van der Waals surface area contributed by atoms with Crippen molar-refractivity contribution in [3.63, 3.8) is 0 Å². The molecule has 9 heteroatoms. The minimum atomic E-state index is -1.42. The molecule has 0 saturated carbocycles. The zero-order valence-corrected chi connectivity index (χ0v) is 13.7. The summed E-state index contributed by atoms with van der Waals surface area (Å²) in [6, 6.07) is 1.50. The second kappa shape index (κ2) is 7.17. The Kier molecular flexibility index (Phi) is 5.22. The van der Waals surface area contributed by atoms with Gasteiger partial charge >= 0.3 is 11.9 Å². The monoisotopic (exact) mass is 350 g/mol. The average molecular weight is 350 g/mol. The van der Waals surface area contributed by atoms with E-state index in [-0.39, 0.29) is 16.9 Å². The fraction of sp³-hybridized carbons (Fsp3) is 0.375. The van der Waals surface area contributed by atoms with Crippen molar-refractivity contribution in [2.45, 2.75) is 18.5 Å². The first-order valence-corrected chi connectivity index (χ1v) is 7.13. The maximum Gasteiger partial charge on any atom is 0.329 e. The normalized spacial score (nSPS) is 16.7. The second-order valence-electron chi connectivity index (χ2n) is 5.14. The summed E-state index contributed by atoms with van der Waals surface area (Å²) in [5.74, 6) is -3.35. The first-order valence-electron chi connectivity index (χ1n) is 7.13. The molecule has 132 valence electrons. The van der Waals surface area contributed by atoms with Crippen LogP contribution in [-0.2, 0) is 19.1 Å². The molecule has 8 nitrogen and oxygen atoms in total. The standard InChI is InChI=1S/C16H15FN2O6/c1-23-8-4-9-12(7-18)19(15(21)14(9)10(17)5-8)11(16(22)25-3)6-13(20)24-2/h4-5,11-12H,6H2,1-3H3. The molecule has 1 aliphatic heterocycles. The summed E-state index contributed by atoms with van der Waals surface area (Å²) < 4.78 is 28.4. The first-order chi connectivity index (χ1) is 11.9. The number of nitrogens with zero attached hydrogens (tertiary/aromatic N) is 2. The number of fused-ring (bicyclic) bond motifs is 1. The highest BCUT2D eigenvalue weighted by Gasteiger charge is 2.46. The van der Waals surface area contributed by atoms with E-state index >= 15 is 0 Å². The molecule has 0 aromatic heterocycles. The molecule has 2 unspecified atom stereocenters. The minimum absolute atomic E-state index is 0.0584. The van der Waals surface area contributed by atoms with Gasteiger partial charge in [0.1, 0.15) is 23.7 Å². The van der Waals surface area contributed by atoms with Crippen molar-refractivity contribution in [3.05, 3.63) is 29.1 Å². The summed E-state index contributed by atoms with van der Waals surface area (Å²) in [6.07, 6.45) is -0.528. The molecule has 0 bridgehead atoms. The van der Waals surface area contributed by atoms with Crippen LogP contribution in [0.25, 0.3) is 0 Å². The molecular formula is C16H15FN2O6. The third-order valence-electron chi connectivity index (χ3n) is 3.87. The Morgan fingerprint density at radius 1 is 1.32 bits per heavy atom. The smallest absolute Gasteiger partial charge is 0.329 e. The number of amides is 1. The van der Waals surface area contributed by atoms with E-state index in [0.29, 0.717) is 0 Å². The van der Waals surface area contributed by atoms with E-state index in [9.17, 15) is 24.0 Å². The summed E-state index contributed by atoms with van der Waals surface area (Å²) in [6.45, 7) is 0. The van der Waals surface area contributed by atoms with E-state index in [2.05, 4.69) is 9.47 Å². The molecule has 0 fully saturated rings. The lowest BCUT2D eigenvalue weighted by Crippen LogP contribution is -2.45. The van der Waals surface area contributed by atoms with Crippen LogP contribution in [-0.4, -0.2) is 50.1 Å². The second-order valence-corrected chi connectivity index (χ2v) is 5.14. The molecule has 1 amide bonds. The molecule has 0 radical (unpaired) electrons. The molecule has 2 atom stereocenters. The van der Waals surface area contributed by atoms with Crippen LogP contribution in [0.15, 0.2) is 12.1 Å². The summed E-state index contributed by atoms with van der Waals surface area (Å²) in [7, 11) is 3.50. The van der Waals surface area contributed by atoms with Gasteiger partial charge in [0, 0.05) is 11.6 Å². The number of nitriles is 1. The molecule has 1 heterocycles. The molecule has 1 aliphatic rings. The van der Waals surface area contributed by atoms with E-state index < -0.39 is 42.2 Å². The fourth-order valence-corrected chi connectivity index (χ4v) is 2.68. The van der Waals surface area contributed by atoms with Crippen LogP contribution < -0.4 is 4.74 Å². The number of esters is 2. The summed E-state index contributed by atoms with van der Waals surface area (Å²) >= 11 is 0. The lowest BCUT2D eigenvalue weighted by molar-refractivity contribution is -0.152. The van der Waals surface area contributed by atoms with Crippen LogP contribution >= 0.6 is 0 Å². The Balaban J connectivity index is 2.55. The van der Waals surface area contributed by atoms with Gasteiger partial charge in [-0.25, -0.2) is 9.18 Å². The van der Waals surface area contributed by atoms with E-state index in [1.807, 2.05) is 6.07 Å². The Labute approximate surface area is 142 Å². The molecular weight excluding hydrogens is 335 g/mol. The third kappa shape index (κ3) is 3.10. The fourth-order valence-electron chi connectivity index (χ4n) is 2.68. The zero-order valence-electron chi connectivity index (χ0n) is 13.7. The highest BCUT2D eigenvalue weighted by molar-refractivity contribution is 6.03. The number of carbonyl (C=O) groups excluding carboxylic acids is 3. The summed E-state index contributed by atoms with van der Waals surface area (Å²) in [5.41, 5.74) is -0.283. The maximum absolute atomic E-state index is 14.3. The predicted octanol–water partition coefficient (Wildman–Crippen LogP) is 0.959. The highest BCUT2D eigenvalue weighted by Crippen LogP contribution is 2.39. The minimum Gasteiger partial charge on any atom is -0.497 e. The van der Waals surface area contributed by atoms with E-state index in [0.717, 1.165) is 25.2 Å². The summed E-state index contributed by atoms with van der Waals surface area (Å²) in [4.78, 5) is 37.1. The van der Waals surface area contributed by atoms with E-state index in [1.165, 1.54) is 13.2 Å². The zero-order chi connectivity index (χ0) is 18.7. The van der Waals surface area contributed by atoms with Crippen LogP contribution in [0, 0.1) is 17.1 Å². The number of ether oxygens (including phenoxy) is 3. The van der Waals surface area contributed by atoms with Crippen LogP contribution in [0.2, 0.25) is 0 Å². The van der Waals surface area contributed by atoms with E-state index in [1.54, 1.807) is 0 Å². The van der Waals surface area contributed by atoms with Crippen LogP contribution in [0.4, 0.5) is 4.39 Å². The molecule has 0 aliphatic carbocycles. The quantitative estimate of drug-likeness (QED) is 0.728. The van der Waals surface area contributed by atoms with Crippen molar-refractivity contribution in [1.29, 1.82) is 5.26 Å². The van der Waals surface area contributed by atoms with Crippen molar-refractivity contribution < 1.29 is 33.0 Å². The Morgan fingerprint density at radius 3 is 2.52 bits per heavy atom. The van der Waals surface area contributed by atoms with Gasteiger partial charge < -0.3 is 19.1 Å². The van der Waals surface area contributed by atoms with Crippen molar-refractivity contribution in [2.24, 2.45) is 0 Å². The number of hydrogen-bond donors (Lipinski definition) is 0. The van der Waals surface area contributed by atoms with Gasteiger partial charge in [0.2, 0.25) is 0 Å². The molecule has 0 N–H and O–H groups in total. The average Bonchev–Trinajstić information content (AvgIpc) is 2.90. The number of methoxy groups -OCH3 is 3. The van der Waals surface area contributed by atoms with Crippen LogP contribution in [0.5, 0.6) is 5.75 Å². The number of rotatable bonds is 5.